The number of rotatable bonds is 4. The molecule has 6 nitrogen and oxygen atoms in total. The molecule has 2 heterocycles. The van der Waals surface area contributed by atoms with Crippen LogP contribution in [0.1, 0.15) is 44.0 Å². The molecule has 7 heteroatoms. The highest BCUT2D eigenvalue weighted by atomic mass is 32.2. The van der Waals surface area contributed by atoms with Crippen molar-refractivity contribution in [3.05, 3.63) is 11.4 Å². The zero-order valence-corrected chi connectivity index (χ0v) is 12.3. The molecule has 2 rings (SSSR count). The van der Waals surface area contributed by atoms with Gasteiger partial charge in [-0.15, -0.1) is 0 Å². The SMILES string of the molecule is CCC1CCCCN1S(=O)(=O)c1c(CN)n[nH]c1C. The Kier molecular flexibility index (Phi) is 4.27. The van der Waals surface area contributed by atoms with Crippen molar-refractivity contribution in [2.75, 3.05) is 6.54 Å². The average Bonchev–Trinajstić information content (AvgIpc) is 2.80. The monoisotopic (exact) mass is 286 g/mol. The molecule has 0 saturated carbocycles. The van der Waals surface area contributed by atoms with Gasteiger partial charge >= 0.3 is 0 Å². The van der Waals surface area contributed by atoms with Crippen molar-refractivity contribution >= 4 is 10.0 Å². The van der Waals surface area contributed by atoms with Gasteiger partial charge in [0.15, 0.2) is 0 Å². The van der Waals surface area contributed by atoms with Gasteiger partial charge in [0.25, 0.3) is 0 Å². The largest absolute Gasteiger partial charge is 0.325 e. The minimum atomic E-state index is -3.49. The fourth-order valence-corrected chi connectivity index (χ4v) is 4.88. The van der Waals surface area contributed by atoms with E-state index in [0.29, 0.717) is 17.9 Å². The number of sulfonamides is 1. The summed E-state index contributed by atoms with van der Waals surface area (Å²) in [5.74, 6) is 0. The lowest BCUT2D eigenvalue weighted by molar-refractivity contribution is 0.246. The van der Waals surface area contributed by atoms with E-state index in [1.165, 1.54) is 0 Å². The maximum absolute atomic E-state index is 12.8. The van der Waals surface area contributed by atoms with Crippen molar-refractivity contribution in [1.29, 1.82) is 0 Å². The van der Waals surface area contributed by atoms with Gasteiger partial charge < -0.3 is 5.73 Å². The van der Waals surface area contributed by atoms with Crippen LogP contribution in [0, 0.1) is 6.92 Å². The normalized spacial score (nSPS) is 21.7. The van der Waals surface area contributed by atoms with Gasteiger partial charge in [0.2, 0.25) is 10.0 Å². The van der Waals surface area contributed by atoms with Crippen molar-refractivity contribution < 1.29 is 8.42 Å². The van der Waals surface area contributed by atoms with E-state index in [1.807, 2.05) is 6.92 Å². The Morgan fingerprint density at radius 3 is 2.84 bits per heavy atom. The minimum Gasteiger partial charge on any atom is -0.325 e. The topological polar surface area (TPSA) is 92.1 Å². The average molecular weight is 286 g/mol. The molecule has 0 aliphatic carbocycles. The summed E-state index contributed by atoms with van der Waals surface area (Å²) in [6, 6.07) is 0.0960. The van der Waals surface area contributed by atoms with Crippen LogP contribution < -0.4 is 5.73 Å². The number of piperidine rings is 1. The summed E-state index contributed by atoms with van der Waals surface area (Å²) in [7, 11) is -3.49. The predicted octanol–water partition coefficient (Wildman–Crippen LogP) is 1.13. The van der Waals surface area contributed by atoms with E-state index in [9.17, 15) is 8.42 Å². The number of hydrogen-bond acceptors (Lipinski definition) is 4. The maximum Gasteiger partial charge on any atom is 0.247 e. The molecule has 1 fully saturated rings. The molecule has 1 saturated heterocycles. The third kappa shape index (κ3) is 2.54. The summed E-state index contributed by atoms with van der Waals surface area (Å²) >= 11 is 0. The van der Waals surface area contributed by atoms with Crippen LogP contribution in [0.3, 0.4) is 0 Å². The van der Waals surface area contributed by atoms with Gasteiger partial charge in [0.1, 0.15) is 4.90 Å². The molecular weight excluding hydrogens is 264 g/mol. The second kappa shape index (κ2) is 5.60. The molecule has 0 aromatic carbocycles. The van der Waals surface area contributed by atoms with Gasteiger partial charge in [-0.3, -0.25) is 5.10 Å². The van der Waals surface area contributed by atoms with E-state index < -0.39 is 10.0 Å². The number of H-pyrrole nitrogens is 1. The number of aryl methyl sites for hydroxylation is 1. The summed E-state index contributed by atoms with van der Waals surface area (Å²) in [5.41, 5.74) is 6.59. The fourth-order valence-electron chi connectivity index (χ4n) is 2.77. The van der Waals surface area contributed by atoms with E-state index in [0.717, 1.165) is 25.7 Å². The Morgan fingerprint density at radius 2 is 2.21 bits per heavy atom. The van der Waals surface area contributed by atoms with Gasteiger partial charge in [0, 0.05) is 19.1 Å². The first kappa shape index (κ1) is 14.5. The summed E-state index contributed by atoms with van der Waals surface area (Å²) in [6.07, 6.45) is 3.79. The van der Waals surface area contributed by atoms with E-state index in [4.69, 9.17) is 5.73 Å². The molecule has 1 atom stereocenters. The number of aromatic amines is 1. The smallest absolute Gasteiger partial charge is 0.247 e. The maximum atomic E-state index is 12.8. The number of hydrogen-bond donors (Lipinski definition) is 2. The zero-order valence-electron chi connectivity index (χ0n) is 11.5. The Morgan fingerprint density at radius 1 is 1.47 bits per heavy atom. The highest BCUT2D eigenvalue weighted by Gasteiger charge is 2.35. The molecule has 1 unspecified atom stereocenters. The standard InChI is InChI=1S/C12H22N4O2S/c1-3-10-6-4-5-7-16(10)19(17,18)12-9(2)14-15-11(12)8-13/h10H,3-8,13H2,1-2H3,(H,14,15). The predicted molar refractivity (Wildman–Crippen MR) is 73.0 cm³/mol. The molecule has 1 aliphatic heterocycles. The van der Waals surface area contributed by atoms with Crippen LogP contribution in [0.4, 0.5) is 0 Å². The molecule has 3 N–H and O–H groups in total. The second-order valence-electron chi connectivity index (χ2n) is 5.00. The van der Waals surface area contributed by atoms with Crippen molar-refractivity contribution in [3.63, 3.8) is 0 Å². The van der Waals surface area contributed by atoms with Crippen LogP contribution in [-0.2, 0) is 16.6 Å². The van der Waals surface area contributed by atoms with Crippen LogP contribution in [0.2, 0.25) is 0 Å². The molecule has 1 aliphatic rings. The molecule has 108 valence electrons. The van der Waals surface area contributed by atoms with E-state index in [-0.39, 0.29) is 17.5 Å². The summed E-state index contributed by atoms with van der Waals surface area (Å²) in [5, 5.41) is 6.72. The van der Waals surface area contributed by atoms with Crippen molar-refractivity contribution in [2.24, 2.45) is 5.73 Å². The molecule has 1 aromatic heterocycles. The number of nitrogens with one attached hydrogen (secondary N) is 1. The first-order valence-corrected chi connectivity index (χ1v) is 8.22. The fraction of sp³-hybridized carbons (Fsp3) is 0.750. The van der Waals surface area contributed by atoms with Crippen LogP contribution in [0.15, 0.2) is 4.90 Å². The summed E-state index contributed by atoms with van der Waals surface area (Å²) < 4.78 is 27.3. The highest BCUT2D eigenvalue weighted by Crippen LogP contribution is 2.29. The van der Waals surface area contributed by atoms with Crippen molar-refractivity contribution in [1.82, 2.24) is 14.5 Å². The Hall–Kier alpha value is -0.920. The van der Waals surface area contributed by atoms with Gasteiger partial charge in [-0.2, -0.15) is 9.40 Å². The summed E-state index contributed by atoms with van der Waals surface area (Å²) in [6.45, 7) is 4.48. The van der Waals surface area contributed by atoms with Crippen molar-refractivity contribution in [2.45, 2.75) is 57.0 Å². The first-order chi connectivity index (χ1) is 9.02. The third-order valence-electron chi connectivity index (χ3n) is 3.77. The van der Waals surface area contributed by atoms with E-state index in [1.54, 1.807) is 11.2 Å². The number of nitrogens with zero attached hydrogens (tertiary/aromatic N) is 2. The van der Waals surface area contributed by atoms with Crippen LogP contribution in [0.25, 0.3) is 0 Å². The van der Waals surface area contributed by atoms with E-state index in [2.05, 4.69) is 10.2 Å². The minimum absolute atomic E-state index is 0.0960. The third-order valence-corrected chi connectivity index (χ3v) is 5.92. The molecule has 19 heavy (non-hydrogen) atoms. The van der Waals surface area contributed by atoms with Crippen LogP contribution in [-0.4, -0.2) is 35.5 Å². The Labute approximate surface area is 114 Å². The molecule has 1 aromatic rings. The van der Waals surface area contributed by atoms with Crippen LogP contribution in [0.5, 0.6) is 0 Å². The van der Waals surface area contributed by atoms with Gasteiger partial charge in [-0.1, -0.05) is 13.3 Å². The highest BCUT2D eigenvalue weighted by molar-refractivity contribution is 7.89. The van der Waals surface area contributed by atoms with Gasteiger partial charge in [-0.05, 0) is 26.2 Å². The lowest BCUT2D eigenvalue weighted by Crippen LogP contribution is -2.43. The zero-order chi connectivity index (χ0) is 14.0. The quantitative estimate of drug-likeness (QED) is 0.868. The van der Waals surface area contributed by atoms with E-state index >= 15 is 0 Å². The van der Waals surface area contributed by atoms with Gasteiger partial charge in [0.05, 0.1) is 11.4 Å². The molecular formula is C12H22N4O2S. The second-order valence-corrected chi connectivity index (χ2v) is 6.83. The molecule has 0 amide bonds. The molecule has 0 bridgehead atoms. The number of nitrogens with two attached hydrogens (primary N) is 1. The van der Waals surface area contributed by atoms with Crippen LogP contribution >= 0.6 is 0 Å². The lowest BCUT2D eigenvalue weighted by Gasteiger charge is -2.34. The summed E-state index contributed by atoms with van der Waals surface area (Å²) in [4.78, 5) is 0.273. The Balaban J connectivity index is 2.43. The van der Waals surface area contributed by atoms with Gasteiger partial charge in [-0.25, -0.2) is 8.42 Å². The molecule has 0 spiro atoms. The molecule has 0 radical (unpaired) electrons. The van der Waals surface area contributed by atoms with Crippen molar-refractivity contribution in [3.8, 4) is 0 Å². The number of aromatic nitrogens is 2. The lowest BCUT2D eigenvalue weighted by atomic mass is 10.0. The first-order valence-electron chi connectivity index (χ1n) is 6.78. The Bertz CT molecular complexity index is 538.